The number of carbonyl (C=O) groups is 1. The molecule has 0 saturated carbocycles. The first kappa shape index (κ1) is 16.5. The van der Waals surface area contributed by atoms with Crippen molar-refractivity contribution in [2.24, 2.45) is 0 Å². The fourth-order valence-corrected chi connectivity index (χ4v) is 2.84. The molecule has 24 heavy (non-hydrogen) atoms. The van der Waals surface area contributed by atoms with Crippen molar-refractivity contribution in [2.75, 3.05) is 5.32 Å². The molecule has 0 spiro atoms. The predicted octanol–water partition coefficient (Wildman–Crippen LogP) is 3.92. The Balaban J connectivity index is 2.00. The highest BCUT2D eigenvalue weighted by atomic mass is 35.5. The maximum atomic E-state index is 12.6. The van der Waals surface area contributed by atoms with Crippen molar-refractivity contribution in [3.63, 3.8) is 0 Å². The van der Waals surface area contributed by atoms with Crippen LogP contribution in [0.1, 0.15) is 21.5 Å². The second-order valence-electron chi connectivity index (χ2n) is 5.00. The van der Waals surface area contributed by atoms with E-state index in [0.29, 0.717) is 27.6 Å². The highest BCUT2D eigenvalue weighted by Gasteiger charge is 2.17. The standard InChI is InChI=1S/C17H12Cl2N2O3/c18-8-10-4-3-5-11(9-19)14(10)15(22)21-17-20-13-7-2-1-6-12(13)16(23)24-17/h1-7H,8-9H2,(H,20,21,22). The van der Waals surface area contributed by atoms with Gasteiger partial charge in [-0.25, -0.2) is 4.79 Å². The fraction of sp³-hybridized carbons (Fsp3) is 0.118. The molecule has 1 amide bonds. The topological polar surface area (TPSA) is 72.2 Å². The third kappa shape index (κ3) is 3.13. The van der Waals surface area contributed by atoms with Gasteiger partial charge in [-0.2, -0.15) is 4.98 Å². The number of rotatable bonds is 4. The molecule has 0 fully saturated rings. The summed E-state index contributed by atoms with van der Waals surface area (Å²) in [6, 6.07) is 11.8. The molecule has 0 unspecified atom stereocenters. The van der Waals surface area contributed by atoms with Gasteiger partial charge in [0, 0.05) is 17.3 Å². The first-order valence-corrected chi connectivity index (χ1v) is 8.15. The molecule has 1 heterocycles. The van der Waals surface area contributed by atoms with Gasteiger partial charge in [-0.15, -0.1) is 23.2 Å². The normalized spacial score (nSPS) is 10.8. The maximum absolute atomic E-state index is 12.6. The molecular formula is C17H12Cl2N2O3. The van der Waals surface area contributed by atoms with E-state index in [1.807, 2.05) is 0 Å². The summed E-state index contributed by atoms with van der Waals surface area (Å²) in [5, 5.41) is 2.85. The quantitative estimate of drug-likeness (QED) is 0.714. The van der Waals surface area contributed by atoms with Gasteiger partial charge in [0.1, 0.15) is 0 Å². The lowest BCUT2D eigenvalue weighted by molar-refractivity contribution is 0.102. The Morgan fingerprint density at radius 2 is 1.71 bits per heavy atom. The number of hydrogen-bond donors (Lipinski definition) is 1. The molecule has 1 N–H and O–H groups in total. The third-order valence-corrected chi connectivity index (χ3v) is 4.08. The van der Waals surface area contributed by atoms with E-state index in [4.69, 9.17) is 27.6 Å². The molecular weight excluding hydrogens is 351 g/mol. The number of para-hydroxylation sites is 1. The number of anilines is 1. The van der Waals surface area contributed by atoms with Crippen molar-refractivity contribution < 1.29 is 9.21 Å². The van der Waals surface area contributed by atoms with E-state index in [-0.39, 0.29) is 17.8 Å². The minimum atomic E-state index is -0.570. The van der Waals surface area contributed by atoms with Crippen LogP contribution < -0.4 is 10.9 Å². The van der Waals surface area contributed by atoms with Crippen LogP contribution in [0.2, 0.25) is 0 Å². The van der Waals surface area contributed by atoms with E-state index in [0.717, 1.165) is 0 Å². The molecule has 0 aliphatic heterocycles. The van der Waals surface area contributed by atoms with Crippen LogP contribution in [-0.2, 0) is 11.8 Å². The predicted molar refractivity (Wildman–Crippen MR) is 93.8 cm³/mol. The second kappa shape index (κ2) is 7.03. The first-order valence-electron chi connectivity index (χ1n) is 7.08. The lowest BCUT2D eigenvalue weighted by Crippen LogP contribution is -2.18. The molecule has 0 radical (unpaired) electrons. The monoisotopic (exact) mass is 362 g/mol. The average molecular weight is 363 g/mol. The zero-order valence-electron chi connectivity index (χ0n) is 12.4. The van der Waals surface area contributed by atoms with Crippen LogP contribution in [-0.4, -0.2) is 10.9 Å². The summed E-state index contributed by atoms with van der Waals surface area (Å²) in [6.45, 7) is 0. The first-order chi connectivity index (χ1) is 11.6. The van der Waals surface area contributed by atoms with Crippen molar-refractivity contribution in [1.82, 2.24) is 4.98 Å². The number of nitrogens with one attached hydrogen (secondary N) is 1. The Morgan fingerprint density at radius 3 is 2.38 bits per heavy atom. The van der Waals surface area contributed by atoms with E-state index < -0.39 is 11.5 Å². The summed E-state index contributed by atoms with van der Waals surface area (Å²) in [5.41, 5.74) is 1.50. The number of hydrogen-bond acceptors (Lipinski definition) is 4. The largest absolute Gasteiger partial charge is 0.388 e. The molecule has 0 saturated heterocycles. The Labute approximate surface area is 147 Å². The van der Waals surface area contributed by atoms with Gasteiger partial charge in [0.05, 0.1) is 10.9 Å². The van der Waals surface area contributed by atoms with Crippen LogP contribution >= 0.6 is 23.2 Å². The van der Waals surface area contributed by atoms with Gasteiger partial charge in [-0.1, -0.05) is 30.3 Å². The van der Waals surface area contributed by atoms with Crippen LogP contribution in [0.15, 0.2) is 51.7 Å². The second-order valence-corrected chi connectivity index (χ2v) is 5.53. The number of nitrogens with zero attached hydrogens (tertiary/aromatic N) is 1. The van der Waals surface area contributed by atoms with E-state index in [1.165, 1.54) is 0 Å². The molecule has 3 aromatic rings. The van der Waals surface area contributed by atoms with Crippen LogP contribution in [0.3, 0.4) is 0 Å². The average Bonchev–Trinajstić information content (AvgIpc) is 2.60. The molecule has 122 valence electrons. The van der Waals surface area contributed by atoms with Gasteiger partial charge in [0.2, 0.25) is 0 Å². The van der Waals surface area contributed by atoms with Gasteiger partial charge in [0.15, 0.2) is 0 Å². The molecule has 1 aromatic heterocycles. The number of carbonyl (C=O) groups excluding carboxylic acids is 1. The Kier molecular flexibility index (Phi) is 4.83. The van der Waals surface area contributed by atoms with Crippen LogP contribution in [0.25, 0.3) is 10.9 Å². The molecule has 7 heteroatoms. The smallest absolute Gasteiger partial charge is 0.348 e. The third-order valence-electron chi connectivity index (χ3n) is 3.51. The molecule has 0 aliphatic carbocycles. The number of alkyl halides is 2. The number of halogens is 2. The lowest BCUT2D eigenvalue weighted by atomic mass is 10.0. The van der Waals surface area contributed by atoms with Crippen molar-refractivity contribution in [1.29, 1.82) is 0 Å². The highest BCUT2D eigenvalue weighted by Crippen LogP contribution is 2.20. The highest BCUT2D eigenvalue weighted by molar-refractivity contribution is 6.20. The molecule has 0 bridgehead atoms. The molecule has 0 atom stereocenters. The maximum Gasteiger partial charge on any atom is 0.348 e. The van der Waals surface area contributed by atoms with E-state index in [2.05, 4.69) is 10.3 Å². The molecule has 2 aromatic carbocycles. The SMILES string of the molecule is O=C(Nc1nc2ccccc2c(=O)o1)c1c(CCl)cccc1CCl. The number of fused-ring (bicyclic) bond motifs is 1. The van der Waals surface area contributed by atoms with Crippen molar-refractivity contribution in [2.45, 2.75) is 11.8 Å². The Morgan fingerprint density at radius 1 is 1.04 bits per heavy atom. The van der Waals surface area contributed by atoms with E-state index >= 15 is 0 Å². The Hall–Kier alpha value is -2.37. The molecule has 3 rings (SSSR count). The van der Waals surface area contributed by atoms with Crippen LogP contribution in [0.5, 0.6) is 0 Å². The summed E-state index contributed by atoms with van der Waals surface area (Å²) in [6.07, 6.45) is 0. The minimum absolute atomic E-state index is 0.155. The van der Waals surface area contributed by atoms with Gasteiger partial charge in [0.25, 0.3) is 5.91 Å². The van der Waals surface area contributed by atoms with Crippen molar-refractivity contribution in [3.05, 3.63) is 69.6 Å². The van der Waals surface area contributed by atoms with Crippen LogP contribution in [0, 0.1) is 0 Å². The fourth-order valence-electron chi connectivity index (χ4n) is 2.40. The Bertz CT molecular complexity index is 947. The van der Waals surface area contributed by atoms with Crippen molar-refractivity contribution in [3.8, 4) is 0 Å². The molecule has 0 aliphatic rings. The number of aromatic nitrogens is 1. The van der Waals surface area contributed by atoms with E-state index in [9.17, 15) is 9.59 Å². The minimum Gasteiger partial charge on any atom is -0.388 e. The summed E-state index contributed by atoms with van der Waals surface area (Å²) < 4.78 is 5.07. The zero-order valence-corrected chi connectivity index (χ0v) is 13.9. The lowest BCUT2D eigenvalue weighted by Gasteiger charge is -2.11. The summed E-state index contributed by atoms with van der Waals surface area (Å²) in [7, 11) is 0. The van der Waals surface area contributed by atoms with Gasteiger partial charge in [-0.05, 0) is 23.3 Å². The summed E-state index contributed by atoms with van der Waals surface area (Å²) >= 11 is 11.8. The van der Waals surface area contributed by atoms with Gasteiger partial charge in [-0.3, -0.25) is 10.1 Å². The summed E-state index contributed by atoms with van der Waals surface area (Å²) in [4.78, 5) is 28.7. The van der Waals surface area contributed by atoms with Crippen LogP contribution in [0.4, 0.5) is 6.01 Å². The number of benzene rings is 2. The summed E-state index contributed by atoms with van der Waals surface area (Å²) in [5.74, 6) is -0.168. The van der Waals surface area contributed by atoms with Gasteiger partial charge >= 0.3 is 11.6 Å². The van der Waals surface area contributed by atoms with Crippen molar-refractivity contribution >= 4 is 46.0 Å². The molecule has 5 nitrogen and oxygen atoms in total. The zero-order chi connectivity index (χ0) is 17.1. The number of amides is 1. The van der Waals surface area contributed by atoms with E-state index in [1.54, 1.807) is 42.5 Å². The van der Waals surface area contributed by atoms with Gasteiger partial charge < -0.3 is 4.42 Å².